The average Bonchev–Trinajstić information content (AvgIpc) is 2.26. The van der Waals surface area contributed by atoms with Crippen LogP contribution in [0, 0.1) is 5.41 Å². The predicted molar refractivity (Wildman–Crippen MR) is 70.4 cm³/mol. The second-order valence-electron chi connectivity index (χ2n) is 4.39. The monoisotopic (exact) mass is 315 g/mol. The highest BCUT2D eigenvalue weighted by molar-refractivity contribution is 9.10. The lowest BCUT2D eigenvalue weighted by atomic mass is 9.94. The van der Waals surface area contributed by atoms with Gasteiger partial charge in [0, 0.05) is 17.2 Å². The minimum atomic E-state index is -1.01. The lowest BCUT2D eigenvalue weighted by molar-refractivity contribution is -0.146. The number of amides is 2. The zero-order valence-corrected chi connectivity index (χ0v) is 11.6. The van der Waals surface area contributed by atoms with E-state index in [1.807, 2.05) is 0 Å². The van der Waals surface area contributed by atoms with Gasteiger partial charge in [0.25, 0.3) is 0 Å². The van der Waals surface area contributed by atoms with Crippen LogP contribution in [-0.2, 0) is 4.79 Å². The number of urea groups is 1. The van der Waals surface area contributed by atoms with E-state index < -0.39 is 17.4 Å². The third-order valence-corrected chi connectivity index (χ3v) is 2.67. The van der Waals surface area contributed by atoms with Crippen LogP contribution >= 0.6 is 15.9 Å². The second kappa shape index (κ2) is 5.81. The average molecular weight is 316 g/mol. The standard InChI is InChI=1S/C11H14BrN3O3/c1-11(2,9(16)17)6-14-10(18)15-8-3-7(12)4-13-5-8/h3-5H,6H2,1-2H3,(H,16,17)(H2,14,15,18). The molecule has 0 aliphatic carbocycles. The number of anilines is 1. The molecule has 18 heavy (non-hydrogen) atoms. The Kier molecular flexibility index (Phi) is 4.66. The molecule has 0 saturated carbocycles. The summed E-state index contributed by atoms with van der Waals surface area (Å²) in [6.07, 6.45) is 3.09. The first kappa shape index (κ1) is 14.4. The fourth-order valence-corrected chi connectivity index (χ4v) is 1.40. The molecule has 2 amide bonds. The van der Waals surface area contributed by atoms with Crippen LogP contribution < -0.4 is 10.6 Å². The van der Waals surface area contributed by atoms with E-state index in [0.29, 0.717) is 5.69 Å². The molecule has 0 spiro atoms. The minimum Gasteiger partial charge on any atom is -0.481 e. The summed E-state index contributed by atoms with van der Waals surface area (Å²) >= 11 is 3.23. The molecular weight excluding hydrogens is 302 g/mol. The number of rotatable bonds is 4. The van der Waals surface area contributed by atoms with Crippen LogP contribution in [0.5, 0.6) is 0 Å². The Morgan fingerprint density at radius 1 is 1.44 bits per heavy atom. The number of carboxylic acids is 1. The van der Waals surface area contributed by atoms with Crippen LogP contribution in [0.3, 0.4) is 0 Å². The Bertz CT molecular complexity index is 463. The normalized spacial score (nSPS) is 10.8. The van der Waals surface area contributed by atoms with E-state index in [-0.39, 0.29) is 6.54 Å². The number of aliphatic carboxylic acids is 1. The van der Waals surface area contributed by atoms with E-state index in [2.05, 4.69) is 31.5 Å². The Morgan fingerprint density at radius 3 is 2.67 bits per heavy atom. The molecule has 1 heterocycles. The highest BCUT2D eigenvalue weighted by Gasteiger charge is 2.27. The van der Waals surface area contributed by atoms with Crippen molar-refractivity contribution in [2.75, 3.05) is 11.9 Å². The lowest BCUT2D eigenvalue weighted by Gasteiger charge is -2.19. The third-order valence-electron chi connectivity index (χ3n) is 2.23. The molecule has 0 radical (unpaired) electrons. The van der Waals surface area contributed by atoms with Crippen molar-refractivity contribution in [3.63, 3.8) is 0 Å². The molecule has 1 aromatic heterocycles. The van der Waals surface area contributed by atoms with Crippen molar-refractivity contribution >= 4 is 33.6 Å². The van der Waals surface area contributed by atoms with Gasteiger partial charge in [-0.3, -0.25) is 9.78 Å². The van der Waals surface area contributed by atoms with E-state index in [9.17, 15) is 9.59 Å². The summed E-state index contributed by atoms with van der Waals surface area (Å²) in [6.45, 7) is 3.11. The summed E-state index contributed by atoms with van der Waals surface area (Å²) in [6, 6.07) is 1.22. The van der Waals surface area contributed by atoms with Gasteiger partial charge in [-0.05, 0) is 35.8 Å². The zero-order valence-electron chi connectivity index (χ0n) is 10.0. The van der Waals surface area contributed by atoms with Gasteiger partial charge in [-0.2, -0.15) is 0 Å². The van der Waals surface area contributed by atoms with Crippen LogP contribution in [0.2, 0.25) is 0 Å². The number of nitrogens with zero attached hydrogens (tertiary/aromatic N) is 1. The van der Waals surface area contributed by atoms with Crippen LogP contribution in [0.1, 0.15) is 13.8 Å². The second-order valence-corrected chi connectivity index (χ2v) is 5.30. The molecule has 0 unspecified atom stereocenters. The van der Waals surface area contributed by atoms with Gasteiger partial charge in [0.15, 0.2) is 0 Å². The van der Waals surface area contributed by atoms with E-state index in [1.165, 1.54) is 20.0 Å². The number of hydrogen-bond donors (Lipinski definition) is 3. The van der Waals surface area contributed by atoms with Gasteiger partial charge in [0.2, 0.25) is 0 Å². The SMILES string of the molecule is CC(C)(CNC(=O)Nc1cncc(Br)c1)C(=O)O. The van der Waals surface area contributed by atoms with Crippen molar-refractivity contribution in [1.29, 1.82) is 0 Å². The predicted octanol–water partition coefficient (Wildman–Crippen LogP) is 2.08. The highest BCUT2D eigenvalue weighted by Crippen LogP contribution is 2.15. The molecule has 6 nitrogen and oxygen atoms in total. The molecule has 0 aliphatic rings. The molecular formula is C11H14BrN3O3. The Morgan fingerprint density at radius 2 is 2.11 bits per heavy atom. The minimum absolute atomic E-state index is 0.0373. The summed E-state index contributed by atoms with van der Waals surface area (Å²) in [5.41, 5.74) is -0.484. The van der Waals surface area contributed by atoms with Crippen LogP contribution in [-0.4, -0.2) is 28.6 Å². The van der Waals surface area contributed by atoms with Crippen LogP contribution in [0.25, 0.3) is 0 Å². The summed E-state index contributed by atoms with van der Waals surface area (Å²) in [5.74, 6) is -0.966. The van der Waals surface area contributed by atoms with Gasteiger partial charge in [-0.25, -0.2) is 4.79 Å². The first-order chi connectivity index (χ1) is 8.31. The fourth-order valence-electron chi connectivity index (χ4n) is 1.03. The molecule has 1 rings (SSSR count). The number of carboxylic acid groups (broad SMARTS) is 1. The van der Waals surface area contributed by atoms with E-state index in [1.54, 1.807) is 12.3 Å². The summed E-state index contributed by atoms with van der Waals surface area (Å²) in [4.78, 5) is 26.3. The van der Waals surface area contributed by atoms with Crippen molar-refractivity contribution in [3.05, 3.63) is 22.9 Å². The molecule has 0 bridgehead atoms. The Balaban J connectivity index is 2.50. The van der Waals surface area contributed by atoms with Gasteiger partial charge in [0.05, 0.1) is 17.3 Å². The number of aromatic nitrogens is 1. The van der Waals surface area contributed by atoms with Gasteiger partial charge >= 0.3 is 12.0 Å². The maximum Gasteiger partial charge on any atom is 0.319 e. The topological polar surface area (TPSA) is 91.3 Å². The molecule has 0 aromatic carbocycles. The number of hydrogen-bond acceptors (Lipinski definition) is 3. The number of carbonyl (C=O) groups excluding carboxylic acids is 1. The maximum atomic E-state index is 11.5. The van der Waals surface area contributed by atoms with Crippen LogP contribution in [0.4, 0.5) is 10.5 Å². The third kappa shape index (κ3) is 4.33. The van der Waals surface area contributed by atoms with Crippen molar-refractivity contribution in [3.8, 4) is 0 Å². The van der Waals surface area contributed by atoms with E-state index in [0.717, 1.165) is 4.47 Å². The molecule has 0 aliphatic heterocycles. The number of nitrogens with one attached hydrogen (secondary N) is 2. The first-order valence-corrected chi connectivity index (χ1v) is 5.99. The largest absolute Gasteiger partial charge is 0.481 e. The van der Waals surface area contributed by atoms with Crippen molar-refractivity contribution in [2.45, 2.75) is 13.8 Å². The van der Waals surface area contributed by atoms with Crippen molar-refractivity contribution in [1.82, 2.24) is 10.3 Å². The summed E-state index contributed by atoms with van der Waals surface area (Å²) in [5, 5.41) is 13.9. The molecule has 7 heteroatoms. The first-order valence-electron chi connectivity index (χ1n) is 5.20. The Labute approximate surface area is 113 Å². The van der Waals surface area contributed by atoms with E-state index in [4.69, 9.17) is 5.11 Å². The van der Waals surface area contributed by atoms with Gasteiger partial charge in [-0.1, -0.05) is 0 Å². The molecule has 0 fully saturated rings. The fraction of sp³-hybridized carbons (Fsp3) is 0.364. The lowest BCUT2D eigenvalue weighted by Crippen LogP contribution is -2.40. The van der Waals surface area contributed by atoms with Gasteiger partial charge in [0.1, 0.15) is 0 Å². The highest BCUT2D eigenvalue weighted by atomic mass is 79.9. The smallest absolute Gasteiger partial charge is 0.319 e. The molecule has 1 aromatic rings. The molecule has 3 N–H and O–H groups in total. The van der Waals surface area contributed by atoms with Crippen molar-refractivity contribution in [2.24, 2.45) is 5.41 Å². The Hall–Kier alpha value is -1.63. The van der Waals surface area contributed by atoms with Crippen molar-refractivity contribution < 1.29 is 14.7 Å². The number of pyridine rings is 1. The summed E-state index contributed by atoms with van der Waals surface area (Å²) in [7, 11) is 0. The maximum absolute atomic E-state index is 11.5. The number of halogens is 1. The van der Waals surface area contributed by atoms with Gasteiger partial charge < -0.3 is 15.7 Å². The number of carbonyl (C=O) groups is 2. The quantitative estimate of drug-likeness (QED) is 0.793. The molecule has 98 valence electrons. The molecule has 0 saturated heterocycles. The zero-order chi connectivity index (χ0) is 13.8. The molecule has 0 atom stereocenters. The van der Waals surface area contributed by atoms with Gasteiger partial charge in [-0.15, -0.1) is 0 Å². The van der Waals surface area contributed by atoms with Crippen LogP contribution in [0.15, 0.2) is 22.9 Å². The summed E-state index contributed by atoms with van der Waals surface area (Å²) < 4.78 is 0.742. The van der Waals surface area contributed by atoms with E-state index >= 15 is 0 Å².